The molecule has 4 nitrogen and oxygen atoms in total. The van der Waals surface area contributed by atoms with Gasteiger partial charge in [-0.2, -0.15) is 0 Å². The molecule has 2 rings (SSSR count). The van der Waals surface area contributed by atoms with E-state index in [1.807, 2.05) is 0 Å². The van der Waals surface area contributed by atoms with E-state index in [1.165, 1.54) is 0 Å². The third-order valence-electron chi connectivity index (χ3n) is 3.84. The van der Waals surface area contributed by atoms with Crippen molar-refractivity contribution in [2.75, 3.05) is 6.61 Å². The van der Waals surface area contributed by atoms with Crippen LogP contribution in [0.2, 0.25) is 0 Å². The van der Waals surface area contributed by atoms with Gasteiger partial charge in [0.05, 0.1) is 6.61 Å². The van der Waals surface area contributed by atoms with Crippen molar-refractivity contribution in [2.45, 2.75) is 40.0 Å². The van der Waals surface area contributed by atoms with Gasteiger partial charge in [0.25, 0.3) is 5.56 Å². The number of carbonyl (C=O) groups is 1. The van der Waals surface area contributed by atoms with Crippen LogP contribution >= 0.6 is 0 Å². The molecule has 0 spiro atoms. The van der Waals surface area contributed by atoms with Crippen LogP contribution in [-0.4, -0.2) is 17.1 Å². The van der Waals surface area contributed by atoms with E-state index in [4.69, 9.17) is 4.74 Å². The molecule has 0 atom stereocenters. The summed E-state index contributed by atoms with van der Waals surface area (Å²) >= 11 is 0. The lowest BCUT2D eigenvalue weighted by Gasteiger charge is -2.32. The van der Waals surface area contributed by atoms with E-state index in [1.54, 1.807) is 24.6 Å². The molecule has 1 aliphatic carbocycles. The molecule has 1 heterocycles. The largest absolute Gasteiger partial charge is 0.462 e. The van der Waals surface area contributed by atoms with Crippen molar-refractivity contribution >= 4 is 5.97 Å². The van der Waals surface area contributed by atoms with Gasteiger partial charge in [0.1, 0.15) is 5.56 Å². The predicted octanol–water partition coefficient (Wildman–Crippen LogP) is 2.08. The minimum absolute atomic E-state index is 0.155. The number of hydrogen-bond donors (Lipinski definition) is 0. The number of fused-ring (bicyclic) bond motifs is 1. The molecular formula is C15H21NO3. The number of carbonyl (C=O) groups excluding carboxylic acids is 1. The molecule has 0 radical (unpaired) electrons. The van der Waals surface area contributed by atoms with Gasteiger partial charge in [-0.1, -0.05) is 13.8 Å². The average Bonchev–Trinajstić information content (AvgIpc) is 2.34. The highest BCUT2D eigenvalue weighted by atomic mass is 16.5. The van der Waals surface area contributed by atoms with Crippen LogP contribution < -0.4 is 5.56 Å². The van der Waals surface area contributed by atoms with Crippen molar-refractivity contribution in [1.29, 1.82) is 0 Å². The maximum atomic E-state index is 12.2. The zero-order chi connectivity index (χ0) is 14.2. The summed E-state index contributed by atoms with van der Waals surface area (Å²) in [5.41, 5.74) is 2.26. The maximum Gasteiger partial charge on any atom is 0.343 e. The molecule has 0 bridgehead atoms. The molecule has 0 aliphatic heterocycles. The highest BCUT2D eigenvalue weighted by molar-refractivity contribution is 5.89. The quantitative estimate of drug-likeness (QED) is 0.767. The van der Waals surface area contributed by atoms with Gasteiger partial charge < -0.3 is 9.30 Å². The Balaban J connectivity index is 2.51. The van der Waals surface area contributed by atoms with Crippen molar-refractivity contribution in [3.63, 3.8) is 0 Å². The topological polar surface area (TPSA) is 48.3 Å². The van der Waals surface area contributed by atoms with Crippen LogP contribution in [0.3, 0.4) is 0 Å². The standard InChI is InChI=1S/C15H21NO3/c1-5-19-14(18)11-8-10-6-7-15(2,3)9-12(10)16(4)13(11)17/h8H,5-7,9H2,1-4H3. The van der Waals surface area contributed by atoms with Gasteiger partial charge in [-0.3, -0.25) is 4.79 Å². The fraction of sp³-hybridized carbons (Fsp3) is 0.600. The summed E-state index contributed by atoms with van der Waals surface area (Å²) in [6, 6.07) is 1.73. The number of rotatable bonds is 2. The summed E-state index contributed by atoms with van der Waals surface area (Å²) in [6.45, 7) is 6.44. The summed E-state index contributed by atoms with van der Waals surface area (Å²) in [5.74, 6) is -0.518. The van der Waals surface area contributed by atoms with E-state index in [9.17, 15) is 9.59 Å². The fourth-order valence-corrected chi connectivity index (χ4v) is 2.66. The van der Waals surface area contributed by atoms with E-state index < -0.39 is 5.97 Å². The van der Waals surface area contributed by atoms with Gasteiger partial charge in [0.2, 0.25) is 0 Å². The van der Waals surface area contributed by atoms with Crippen molar-refractivity contribution < 1.29 is 9.53 Å². The zero-order valence-electron chi connectivity index (χ0n) is 12.1. The molecule has 19 heavy (non-hydrogen) atoms. The number of aromatic nitrogens is 1. The summed E-state index contributed by atoms with van der Waals surface area (Å²) in [7, 11) is 1.74. The van der Waals surface area contributed by atoms with E-state index >= 15 is 0 Å². The van der Waals surface area contributed by atoms with Gasteiger partial charge in [0, 0.05) is 12.7 Å². The van der Waals surface area contributed by atoms with Gasteiger partial charge in [0.15, 0.2) is 0 Å². The first-order chi connectivity index (χ1) is 8.85. The van der Waals surface area contributed by atoms with E-state index in [0.29, 0.717) is 0 Å². The Hall–Kier alpha value is -1.58. The van der Waals surface area contributed by atoms with Crippen LogP contribution in [0.15, 0.2) is 10.9 Å². The van der Waals surface area contributed by atoms with E-state index in [2.05, 4.69) is 13.8 Å². The lowest BCUT2D eigenvalue weighted by atomic mass is 9.76. The van der Waals surface area contributed by atoms with Gasteiger partial charge in [-0.05, 0) is 43.2 Å². The van der Waals surface area contributed by atoms with E-state index in [0.717, 1.165) is 30.5 Å². The second-order valence-corrected chi connectivity index (χ2v) is 5.96. The van der Waals surface area contributed by atoms with Gasteiger partial charge >= 0.3 is 5.97 Å². The normalized spacial score (nSPS) is 16.8. The monoisotopic (exact) mass is 263 g/mol. The molecular weight excluding hydrogens is 242 g/mol. The van der Waals surface area contributed by atoms with Gasteiger partial charge in [-0.15, -0.1) is 0 Å². The molecule has 4 heteroatoms. The van der Waals surface area contributed by atoms with Crippen molar-refractivity contribution in [2.24, 2.45) is 12.5 Å². The molecule has 0 N–H and O–H groups in total. The first kappa shape index (κ1) is 13.8. The minimum Gasteiger partial charge on any atom is -0.462 e. The van der Waals surface area contributed by atoms with Crippen LogP contribution in [0.5, 0.6) is 0 Å². The van der Waals surface area contributed by atoms with Crippen molar-refractivity contribution in [3.05, 3.63) is 33.2 Å². The Labute approximate surface area is 113 Å². The second-order valence-electron chi connectivity index (χ2n) is 5.96. The number of ether oxygens (including phenoxy) is 1. The Bertz CT molecular complexity index is 569. The predicted molar refractivity (Wildman–Crippen MR) is 73.4 cm³/mol. The van der Waals surface area contributed by atoms with Crippen LogP contribution in [0, 0.1) is 5.41 Å². The third kappa shape index (κ3) is 2.57. The first-order valence-electron chi connectivity index (χ1n) is 6.74. The summed E-state index contributed by atoms with van der Waals surface area (Å²) in [5, 5.41) is 0. The molecule has 1 aromatic rings. The molecule has 0 amide bonds. The lowest BCUT2D eigenvalue weighted by Crippen LogP contribution is -2.34. The highest BCUT2D eigenvalue weighted by Gasteiger charge is 2.29. The molecule has 0 unspecified atom stereocenters. The van der Waals surface area contributed by atoms with Crippen LogP contribution in [-0.2, 0) is 24.6 Å². The van der Waals surface area contributed by atoms with Crippen molar-refractivity contribution in [1.82, 2.24) is 4.57 Å². The SMILES string of the molecule is CCOC(=O)c1cc2c(n(C)c1=O)CC(C)(C)CC2. The minimum atomic E-state index is -0.518. The smallest absolute Gasteiger partial charge is 0.343 e. The Morgan fingerprint density at radius 3 is 2.79 bits per heavy atom. The van der Waals surface area contributed by atoms with Gasteiger partial charge in [-0.25, -0.2) is 4.79 Å². The molecule has 1 aliphatic rings. The summed E-state index contributed by atoms with van der Waals surface area (Å²) in [6.07, 6.45) is 2.85. The highest BCUT2D eigenvalue weighted by Crippen LogP contribution is 2.34. The van der Waals surface area contributed by atoms with Crippen molar-refractivity contribution in [3.8, 4) is 0 Å². The fourth-order valence-electron chi connectivity index (χ4n) is 2.66. The summed E-state index contributed by atoms with van der Waals surface area (Å²) < 4.78 is 6.56. The number of hydrogen-bond acceptors (Lipinski definition) is 3. The Morgan fingerprint density at radius 2 is 2.16 bits per heavy atom. The second kappa shape index (κ2) is 4.83. The molecule has 0 saturated heterocycles. The zero-order valence-corrected chi connectivity index (χ0v) is 12.1. The number of pyridine rings is 1. The van der Waals surface area contributed by atoms with Crippen LogP contribution in [0.1, 0.15) is 48.8 Å². The third-order valence-corrected chi connectivity index (χ3v) is 3.84. The molecule has 0 saturated carbocycles. The Morgan fingerprint density at radius 1 is 1.47 bits per heavy atom. The van der Waals surface area contributed by atoms with Crippen LogP contribution in [0.4, 0.5) is 0 Å². The summed E-state index contributed by atoms with van der Waals surface area (Å²) in [4.78, 5) is 24.0. The maximum absolute atomic E-state index is 12.2. The average molecular weight is 263 g/mol. The first-order valence-corrected chi connectivity index (χ1v) is 6.74. The van der Waals surface area contributed by atoms with E-state index in [-0.39, 0.29) is 23.1 Å². The number of nitrogens with zero attached hydrogens (tertiary/aromatic N) is 1. The molecule has 0 aromatic carbocycles. The molecule has 104 valence electrons. The Kier molecular flexibility index (Phi) is 3.52. The molecule has 1 aromatic heterocycles. The molecule has 0 fully saturated rings. The number of aryl methyl sites for hydroxylation is 1. The lowest BCUT2D eigenvalue weighted by molar-refractivity contribution is 0.0523. The van der Waals surface area contributed by atoms with Crippen LogP contribution in [0.25, 0.3) is 0 Å². The number of esters is 1.